The molecule has 0 unspecified atom stereocenters. The zero-order valence-corrected chi connectivity index (χ0v) is 14.7. The second-order valence-corrected chi connectivity index (χ2v) is 5.98. The summed E-state index contributed by atoms with van der Waals surface area (Å²) in [6.45, 7) is 0. The fourth-order valence-corrected chi connectivity index (χ4v) is 2.62. The molecule has 0 fully saturated rings. The van der Waals surface area contributed by atoms with Gasteiger partial charge in [-0.2, -0.15) is 0 Å². The summed E-state index contributed by atoms with van der Waals surface area (Å²) in [7, 11) is 0. The Morgan fingerprint density at radius 3 is 2.18 bits per heavy atom. The second-order valence-electron chi connectivity index (χ2n) is 5.98. The summed E-state index contributed by atoms with van der Waals surface area (Å²) >= 11 is 0. The lowest BCUT2D eigenvalue weighted by atomic mass is 10.2. The standard InChI is InChI=1S/C21H16N4O3/c26-20(21(27)25-15-8-11-18-19(12-15)23-13-22-18)24-14-6-9-17(10-7-14)28-16-4-2-1-3-5-16/h1-13H,(H,22,23)(H,24,26)(H,25,27). The minimum Gasteiger partial charge on any atom is -0.457 e. The van der Waals surface area contributed by atoms with Crippen molar-refractivity contribution >= 4 is 34.2 Å². The number of nitrogens with one attached hydrogen (secondary N) is 3. The van der Waals surface area contributed by atoms with E-state index in [0.717, 1.165) is 11.0 Å². The second kappa shape index (κ2) is 7.63. The zero-order valence-electron chi connectivity index (χ0n) is 14.7. The number of imidazole rings is 1. The number of fused-ring (bicyclic) bond motifs is 1. The number of para-hydroxylation sites is 1. The third-order valence-corrected chi connectivity index (χ3v) is 3.98. The van der Waals surface area contributed by atoms with Crippen LogP contribution in [0.25, 0.3) is 11.0 Å². The highest BCUT2D eigenvalue weighted by Crippen LogP contribution is 2.22. The lowest BCUT2D eigenvalue weighted by molar-refractivity contribution is -0.132. The monoisotopic (exact) mass is 372 g/mol. The Morgan fingerprint density at radius 1 is 0.786 bits per heavy atom. The number of carbonyl (C=O) groups is 2. The number of hydrogen-bond donors (Lipinski definition) is 3. The summed E-state index contributed by atoms with van der Waals surface area (Å²) in [4.78, 5) is 31.3. The van der Waals surface area contributed by atoms with Crippen molar-refractivity contribution in [1.29, 1.82) is 0 Å². The van der Waals surface area contributed by atoms with Gasteiger partial charge < -0.3 is 20.4 Å². The number of amides is 2. The van der Waals surface area contributed by atoms with Crippen molar-refractivity contribution in [3.8, 4) is 11.5 Å². The predicted octanol–water partition coefficient (Wildman–Crippen LogP) is 3.93. The van der Waals surface area contributed by atoms with E-state index in [1.807, 2.05) is 30.3 Å². The number of hydrogen-bond acceptors (Lipinski definition) is 4. The minimum absolute atomic E-state index is 0.490. The van der Waals surface area contributed by atoms with Crippen molar-refractivity contribution in [2.24, 2.45) is 0 Å². The van der Waals surface area contributed by atoms with Crippen molar-refractivity contribution in [1.82, 2.24) is 9.97 Å². The highest BCUT2D eigenvalue weighted by Gasteiger charge is 2.14. The van der Waals surface area contributed by atoms with E-state index in [4.69, 9.17) is 4.74 Å². The molecule has 0 aliphatic carbocycles. The van der Waals surface area contributed by atoms with E-state index in [1.165, 1.54) is 0 Å². The Balaban J connectivity index is 1.36. The third-order valence-electron chi connectivity index (χ3n) is 3.98. The molecule has 2 amide bonds. The Hall–Kier alpha value is -4.13. The largest absolute Gasteiger partial charge is 0.457 e. The predicted molar refractivity (Wildman–Crippen MR) is 106 cm³/mol. The van der Waals surface area contributed by atoms with E-state index in [-0.39, 0.29) is 0 Å². The van der Waals surface area contributed by atoms with E-state index in [0.29, 0.717) is 22.9 Å². The van der Waals surface area contributed by atoms with Crippen LogP contribution in [-0.2, 0) is 9.59 Å². The molecule has 7 heteroatoms. The minimum atomic E-state index is -0.763. The smallest absolute Gasteiger partial charge is 0.314 e. The van der Waals surface area contributed by atoms with Gasteiger partial charge in [0.2, 0.25) is 0 Å². The molecule has 0 radical (unpaired) electrons. The molecule has 0 atom stereocenters. The summed E-state index contributed by atoms with van der Waals surface area (Å²) in [5.41, 5.74) is 2.54. The molecule has 28 heavy (non-hydrogen) atoms. The van der Waals surface area contributed by atoms with Gasteiger partial charge in [0.15, 0.2) is 0 Å². The number of carbonyl (C=O) groups excluding carboxylic acids is 2. The van der Waals surface area contributed by atoms with Gasteiger partial charge in [0.05, 0.1) is 17.4 Å². The number of rotatable bonds is 4. The third kappa shape index (κ3) is 3.99. The Morgan fingerprint density at radius 2 is 1.43 bits per heavy atom. The molecule has 0 bridgehead atoms. The number of aromatic amines is 1. The van der Waals surface area contributed by atoms with Gasteiger partial charge in [-0.15, -0.1) is 0 Å². The maximum absolute atomic E-state index is 12.1. The van der Waals surface area contributed by atoms with Gasteiger partial charge in [0.25, 0.3) is 0 Å². The number of H-pyrrole nitrogens is 1. The first-order chi connectivity index (χ1) is 13.7. The van der Waals surface area contributed by atoms with Gasteiger partial charge in [-0.05, 0) is 54.6 Å². The summed E-state index contributed by atoms with van der Waals surface area (Å²) in [5.74, 6) is -0.181. The average molecular weight is 372 g/mol. The van der Waals surface area contributed by atoms with Gasteiger partial charge in [-0.1, -0.05) is 18.2 Å². The molecule has 0 aliphatic rings. The van der Waals surface area contributed by atoms with Gasteiger partial charge in [-0.3, -0.25) is 9.59 Å². The first-order valence-corrected chi connectivity index (χ1v) is 8.56. The lowest BCUT2D eigenvalue weighted by Crippen LogP contribution is -2.29. The van der Waals surface area contributed by atoms with Crippen LogP contribution in [0.15, 0.2) is 79.1 Å². The maximum atomic E-state index is 12.1. The number of ether oxygens (including phenoxy) is 1. The summed E-state index contributed by atoms with van der Waals surface area (Å²) < 4.78 is 5.69. The number of anilines is 2. The fraction of sp³-hybridized carbons (Fsp3) is 0. The van der Waals surface area contributed by atoms with Crippen LogP contribution >= 0.6 is 0 Å². The van der Waals surface area contributed by atoms with Crippen LogP contribution in [0.1, 0.15) is 0 Å². The Bertz CT molecular complexity index is 1120. The van der Waals surface area contributed by atoms with Crippen molar-refractivity contribution in [3.63, 3.8) is 0 Å². The Kier molecular flexibility index (Phi) is 4.71. The highest BCUT2D eigenvalue weighted by atomic mass is 16.5. The van der Waals surface area contributed by atoms with Crippen molar-refractivity contribution in [2.75, 3.05) is 10.6 Å². The van der Waals surface area contributed by atoms with Crippen LogP contribution in [0.3, 0.4) is 0 Å². The summed E-state index contributed by atoms with van der Waals surface area (Å²) in [5, 5.41) is 5.12. The van der Waals surface area contributed by atoms with Crippen LogP contribution in [0.2, 0.25) is 0 Å². The Labute approximate surface area is 160 Å². The molecule has 0 spiro atoms. The van der Waals surface area contributed by atoms with Gasteiger partial charge in [0.1, 0.15) is 11.5 Å². The van der Waals surface area contributed by atoms with Crippen LogP contribution < -0.4 is 15.4 Å². The highest BCUT2D eigenvalue weighted by molar-refractivity contribution is 6.43. The van der Waals surface area contributed by atoms with E-state index in [1.54, 1.807) is 48.8 Å². The molecule has 3 aromatic carbocycles. The molecule has 4 rings (SSSR count). The molecule has 0 aliphatic heterocycles. The number of nitrogens with zero attached hydrogens (tertiary/aromatic N) is 1. The SMILES string of the molecule is O=C(Nc1ccc(Oc2ccccc2)cc1)C(=O)Nc1ccc2nc[nH]c2c1. The molecule has 1 heterocycles. The van der Waals surface area contributed by atoms with Crippen LogP contribution in [0.5, 0.6) is 11.5 Å². The van der Waals surface area contributed by atoms with Crippen molar-refractivity contribution < 1.29 is 14.3 Å². The maximum Gasteiger partial charge on any atom is 0.314 e. The van der Waals surface area contributed by atoms with E-state index >= 15 is 0 Å². The zero-order chi connectivity index (χ0) is 19.3. The molecule has 0 saturated heterocycles. The molecule has 0 saturated carbocycles. The van der Waals surface area contributed by atoms with Crippen LogP contribution in [0, 0.1) is 0 Å². The first kappa shape index (κ1) is 17.3. The van der Waals surface area contributed by atoms with E-state index in [2.05, 4.69) is 20.6 Å². The molecule has 3 N–H and O–H groups in total. The molecular weight excluding hydrogens is 356 g/mol. The summed E-state index contributed by atoms with van der Waals surface area (Å²) in [6.07, 6.45) is 1.56. The van der Waals surface area contributed by atoms with Crippen LogP contribution in [0.4, 0.5) is 11.4 Å². The number of aromatic nitrogens is 2. The topological polar surface area (TPSA) is 96.1 Å². The van der Waals surface area contributed by atoms with E-state index in [9.17, 15) is 9.59 Å². The normalized spacial score (nSPS) is 10.4. The first-order valence-electron chi connectivity index (χ1n) is 8.56. The fourth-order valence-electron chi connectivity index (χ4n) is 2.62. The molecule has 1 aromatic heterocycles. The lowest BCUT2D eigenvalue weighted by Gasteiger charge is -2.08. The molecule has 4 aromatic rings. The average Bonchev–Trinajstić information content (AvgIpc) is 3.18. The molecule has 138 valence electrons. The molecule has 7 nitrogen and oxygen atoms in total. The van der Waals surface area contributed by atoms with Gasteiger partial charge in [0, 0.05) is 11.4 Å². The van der Waals surface area contributed by atoms with Gasteiger partial charge >= 0.3 is 11.8 Å². The van der Waals surface area contributed by atoms with Crippen LogP contribution in [-0.4, -0.2) is 21.8 Å². The number of benzene rings is 3. The molecular formula is C21H16N4O3. The summed E-state index contributed by atoms with van der Waals surface area (Å²) in [6, 6.07) is 21.3. The quantitative estimate of drug-likeness (QED) is 0.473. The van der Waals surface area contributed by atoms with Gasteiger partial charge in [-0.25, -0.2) is 4.98 Å². The van der Waals surface area contributed by atoms with E-state index < -0.39 is 11.8 Å². The van der Waals surface area contributed by atoms with Crippen molar-refractivity contribution in [2.45, 2.75) is 0 Å². The van der Waals surface area contributed by atoms with Crippen molar-refractivity contribution in [3.05, 3.63) is 79.1 Å².